The van der Waals surface area contributed by atoms with Crippen LogP contribution in [-0.2, 0) is 4.74 Å². The fourth-order valence-corrected chi connectivity index (χ4v) is 6.70. The molecule has 2 aromatic carbocycles. The lowest BCUT2D eigenvalue weighted by Gasteiger charge is -2.34. The molecule has 0 atom stereocenters. The number of Topliss-reactive ketones (excluding diaryl/α,β-unsaturated/α-hetero) is 1. The molecule has 2 aromatic rings. The summed E-state index contributed by atoms with van der Waals surface area (Å²) in [5.41, 5.74) is 2.47. The Morgan fingerprint density at radius 3 is 2.23 bits per heavy atom. The highest BCUT2D eigenvalue weighted by Crippen LogP contribution is 2.30. The monoisotopic (exact) mass is 571 g/mol. The van der Waals surface area contributed by atoms with Gasteiger partial charge in [0.15, 0.2) is 5.78 Å². The van der Waals surface area contributed by atoms with Crippen molar-refractivity contribution in [1.29, 1.82) is 0 Å². The second kappa shape index (κ2) is 13.5. The van der Waals surface area contributed by atoms with E-state index in [9.17, 15) is 9.59 Å². The first kappa shape index (κ1) is 28.4. The van der Waals surface area contributed by atoms with Crippen molar-refractivity contribution >= 4 is 40.6 Å². The normalized spacial score (nSPS) is 23.0. The number of amides is 1. The number of benzene rings is 2. The maximum Gasteiger partial charge on any atom is 0.251 e. The number of piperidine rings is 1. The van der Waals surface area contributed by atoms with E-state index in [1.165, 1.54) is 6.42 Å². The minimum absolute atomic E-state index is 0.0317. The Balaban J connectivity index is 0.993. The van der Waals surface area contributed by atoms with Crippen molar-refractivity contribution in [3.8, 4) is 0 Å². The van der Waals surface area contributed by atoms with Gasteiger partial charge in [-0.05, 0) is 113 Å². The van der Waals surface area contributed by atoms with Gasteiger partial charge in [0, 0.05) is 46.9 Å². The van der Waals surface area contributed by atoms with Gasteiger partial charge in [-0.15, -0.1) is 0 Å². The van der Waals surface area contributed by atoms with Crippen LogP contribution in [-0.4, -0.2) is 68.6 Å². The third-order valence-corrected chi connectivity index (χ3v) is 9.24. The van der Waals surface area contributed by atoms with Gasteiger partial charge in [-0.3, -0.25) is 9.59 Å². The fraction of sp³-hybridized carbons (Fsp3) is 0.548. The predicted octanol–water partition coefficient (Wildman–Crippen LogP) is 6.10. The smallest absolute Gasteiger partial charge is 0.251 e. The lowest BCUT2D eigenvalue weighted by Crippen LogP contribution is -2.39. The molecule has 210 valence electrons. The molecule has 1 amide bonds. The number of rotatable bonds is 8. The van der Waals surface area contributed by atoms with E-state index in [0.717, 1.165) is 95.7 Å². The summed E-state index contributed by atoms with van der Waals surface area (Å²) in [4.78, 5) is 30.6. The average molecular weight is 573 g/mol. The molecule has 8 heteroatoms. The predicted molar refractivity (Wildman–Crippen MR) is 157 cm³/mol. The van der Waals surface area contributed by atoms with Crippen molar-refractivity contribution in [2.24, 2.45) is 11.8 Å². The van der Waals surface area contributed by atoms with Crippen molar-refractivity contribution in [3.63, 3.8) is 0 Å². The molecule has 0 aromatic heterocycles. The van der Waals surface area contributed by atoms with Gasteiger partial charge in [0.2, 0.25) is 0 Å². The number of likely N-dealkylation sites (tertiary alicyclic amines) is 1. The maximum absolute atomic E-state index is 12.9. The zero-order chi connectivity index (χ0) is 27.2. The van der Waals surface area contributed by atoms with Crippen LogP contribution in [0.5, 0.6) is 0 Å². The van der Waals surface area contributed by atoms with Gasteiger partial charge in [0.05, 0.1) is 18.2 Å². The summed E-state index contributed by atoms with van der Waals surface area (Å²) in [6, 6.07) is 13.4. The molecule has 6 nitrogen and oxygen atoms in total. The van der Waals surface area contributed by atoms with E-state index in [-0.39, 0.29) is 23.7 Å². The van der Waals surface area contributed by atoms with Crippen LogP contribution < -0.4 is 10.2 Å². The molecule has 1 N–H and O–H groups in total. The third kappa shape index (κ3) is 7.55. The lowest BCUT2D eigenvalue weighted by atomic mass is 9.83. The number of ketones is 1. The maximum atomic E-state index is 12.9. The summed E-state index contributed by atoms with van der Waals surface area (Å²) in [6.07, 6.45) is 7.34. The number of carbonyl (C=O) groups is 2. The minimum Gasteiger partial charge on any atom is -0.378 e. The van der Waals surface area contributed by atoms with Crippen molar-refractivity contribution in [3.05, 3.63) is 63.6 Å². The highest BCUT2D eigenvalue weighted by atomic mass is 35.5. The molecule has 1 saturated carbocycles. The summed E-state index contributed by atoms with van der Waals surface area (Å²) in [6.45, 7) is 6.30. The number of hydrogen-bond acceptors (Lipinski definition) is 5. The van der Waals surface area contributed by atoms with E-state index in [1.54, 1.807) is 18.2 Å². The number of halogens is 2. The molecule has 2 saturated heterocycles. The first-order valence-corrected chi connectivity index (χ1v) is 15.2. The summed E-state index contributed by atoms with van der Waals surface area (Å²) in [5, 5.41) is 4.27. The molecule has 2 aliphatic heterocycles. The number of nitrogens with zero attached hydrogens (tertiary/aromatic N) is 2. The molecular formula is C31H39Cl2N3O3. The Morgan fingerprint density at radius 2 is 1.56 bits per heavy atom. The van der Waals surface area contributed by atoms with E-state index in [2.05, 4.69) is 15.1 Å². The van der Waals surface area contributed by atoms with Gasteiger partial charge in [-0.1, -0.05) is 23.2 Å². The van der Waals surface area contributed by atoms with E-state index in [4.69, 9.17) is 27.9 Å². The van der Waals surface area contributed by atoms with Gasteiger partial charge >= 0.3 is 0 Å². The summed E-state index contributed by atoms with van der Waals surface area (Å²) in [7, 11) is 0. The van der Waals surface area contributed by atoms with E-state index >= 15 is 0 Å². The van der Waals surface area contributed by atoms with Gasteiger partial charge in [0.1, 0.15) is 0 Å². The number of morpholine rings is 1. The molecular weight excluding hydrogens is 533 g/mol. The number of hydrogen-bond donors (Lipinski definition) is 1. The first-order chi connectivity index (χ1) is 19.0. The Kier molecular flexibility index (Phi) is 9.83. The van der Waals surface area contributed by atoms with Crippen LogP contribution in [0.3, 0.4) is 0 Å². The Bertz CT molecular complexity index is 1120. The topological polar surface area (TPSA) is 61.9 Å². The van der Waals surface area contributed by atoms with Crippen LogP contribution in [0.15, 0.2) is 42.5 Å². The van der Waals surface area contributed by atoms with Crippen LogP contribution in [0.2, 0.25) is 10.0 Å². The highest BCUT2D eigenvalue weighted by Gasteiger charge is 2.28. The summed E-state index contributed by atoms with van der Waals surface area (Å²) in [5.74, 6) is 0.918. The van der Waals surface area contributed by atoms with Gasteiger partial charge in [-0.2, -0.15) is 0 Å². The van der Waals surface area contributed by atoms with E-state index in [0.29, 0.717) is 21.5 Å². The van der Waals surface area contributed by atoms with Gasteiger partial charge in [-0.25, -0.2) is 0 Å². The molecule has 3 fully saturated rings. The molecule has 0 unspecified atom stereocenters. The van der Waals surface area contributed by atoms with E-state index in [1.807, 2.05) is 24.3 Å². The number of nitrogens with one attached hydrogen (secondary N) is 1. The molecule has 1 aliphatic carbocycles. The van der Waals surface area contributed by atoms with Crippen molar-refractivity contribution in [2.45, 2.75) is 51.0 Å². The number of carbonyl (C=O) groups excluding carboxylic acids is 2. The minimum atomic E-state index is 0.0317. The van der Waals surface area contributed by atoms with Crippen molar-refractivity contribution < 1.29 is 14.3 Å². The fourth-order valence-electron chi connectivity index (χ4n) is 6.20. The van der Waals surface area contributed by atoms with E-state index < -0.39 is 0 Å². The largest absolute Gasteiger partial charge is 0.378 e. The third-order valence-electron chi connectivity index (χ3n) is 8.70. The number of anilines is 1. The average Bonchev–Trinajstić information content (AvgIpc) is 2.97. The van der Waals surface area contributed by atoms with Crippen LogP contribution in [0, 0.1) is 11.8 Å². The molecule has 0 spiro atoms. The zero-order valence-corrected chi connectivity index (χ0v) is 24.1. The van der Waals surface area contributed by atoms with Crippen LogP contribution in [0.25, 0.3) is 0 Å². The molecule has 3 aliphatic rings. The second-order valence-electron chi connectivity index (χ2n) is 11.2. The highest BCUT2D eigenvalue weighted by molar-refractivity contribution is 6.36. The zero-order valence-electron chi connectivity index (χ0n) is 22.5. The van der Waals surface area contributed by atoms with Gasteiger partial charge in [0.25, 0.3) is 5.91 Å². The molecule has 0 bridgehead atoms. The van der Waals surface area contributed by atoms with Crippen LogP contribution in [0.4, 0.5) is 5.69 Å². The second-order valence-corrected chi connectivity index (χ2v) is 12.1. The summed E-state index contributed by atoms with van der Waals surface area (Å²) < 4.78 is 5.43. The molecule has 5 rings (SSSR count). The van der Waals surface area contributed by atoms with Crippen molar-refractivity contribution in [2.75, 3.05) is 50.8 Å². The standard InChI is InChI=1S/C31H39Cl2N3O3/c32-25-5-10-28(29(33)21-25)30(37)23-12-15-35(16-13-23)14-11-22-1-6-26(7-2-22)34-31(38)24-3-8-27(9-4-24)36-17-19-39-20-18-36/h3-5,8-10,21-23,26H,1-2,6-7,11-20H2,(H,34,38). The lowest BCUT2D eigenvalue weighted by molar-refractivity contribution is 0.0832. The van der Waals surface area contributed by atoms with Gasteiger partial charge < -0.3 is 19.9 Å². The molecule has 39 heavy (non-hydrogen) atoms. The Labute approximate surface area is 242 Å². The van der Waals surface area contributed by atoms with Crippen LogP contribution >= 0.6 is 23.2 Å². The molecule has 0 radical (unpaired) electrons. The Hall–Kier alpha value is -2.12. The summed E-state index contributed by atoms with van der Waals surface area (Å²) >= 11 is 12.2. The van der Waals surface area contributed by atoms with Crippen LogP contribution in [0.1, 0.15) is 65.7 Å². The van der Waals surface area contributed by atoms with Crippen molar-refractivity contribution in [1.82, 2.24) is 10.2 Å². The Morgan fingerprint density at radius 1 is 0.872 bits per heavy atom. The quantitative estimate of drug-likeness (QED) is 0.387. The first-order valence-electron chi connectivity index (χ1n) is 14.4. The number of ether oxygens (including phenoxy) is 1. The molecule has 2 heterocycles. The SMILES string of the molecule is O=C(NC1CCC(CCN2CCC(C(=O)c3ccc(Cl)cc3Cl)CC2)CC1)c1ccc(N2CCOCC2)cc1.